The van der Waals surface area contributed by atoms with E-state index in [0.29, 0.717) is 11.6 Å². The zero-order chi connectivity index (χ0) is 25.8. The molecule has 2 heterocycles. The fourth-order valence-electron chi connectivity index (χ4n) is 3.16. The number of nitrogens with one attached hydrogen (secondary N) is 1. The maximum Gasteiger partial charge on any atom is 0.343 e. The molecule has 1 atom stereocenters. The number of carbonyl (C=O) groups excluding carboxylic acids is 2. The molecule has 0 saturated carbocycles. The summed E-state index contributed by atoms with van der Waals surface area (Å²) in [5, 5.41) is 14.7. The number of carbonyl (C=O) groups is 2. The van der Waals surface area contributed by atoms with Crippen LogP contribution in [-0.2, 0) is 39.2 Å². The summed E-state index contributed by atoms with van der Waals surface area (Å²) in [6.45, 7) is 5.61. The zero-order valence-electron chi connectivity index (χ0n) is 20.2. The number of hydrogen-bond donors (Lipinski definition) is 1. The first-order valence-corrected chi connectivity index (χ1v) is 13.4. The molecule has 1 aromatic carbocycles. The second kappa shape index (κ2) is 11.0. The molecule has 0 aliphatic heterocycles. The third kappa shape index (κ3) is 6.09. The molecule has 0 spiro atoms. The van der Waals surface area contributed by atoms with E-state index < -0.39 is 21.1 Å². The number of rotatable bonds is 10. The van der Waals surface area contributed by atoms with Crippen LogP contribution < -0.4 is 5.32 Å². The summed E-state index contributed by atoms with van der Waals surface area (Å²) in [7, 11) is -0.345. The highest BCUT2D eigenvalue weighted by atomic mass is 32.2. The minimum Gasteiger partial charge on any atom is -0.462 e. The van der Waals surface area contributed by atoms with E-state index in [1.165, 1.54) is 10.9 Å². The molecule has 11 nitrogen and oxygen atoms in total. The van der Waals surface area contributed by atoms with E-state index in [4.69, 9.17) is 4.74 Å². The molecule has 3 aromatic rings. The van der Waals surface area contributed by atoms with Crippen LogP contribution in [0.3, 0.4) is 0 Å². The Morgan fingerprint density at radius 3 is 2.46 bits per heavy atom. The van der Waals surface area contributed by atoms with Crippen molar-refractivity contribution in [1.29, 1.82) is 0 Å². The Morgan fingerprint density at radius 1 is 1.14 bits per heavy atom. The summed E-state index contributed by atoms with van der Waals surface area (Å²) in [6, 6.07) is 6.62. The van der Waals surface area contributed by atoms with Gasteiger partial charge in [0.2, 0.25) is 5.91 Å². The molecule has 188 valence electrons. The van der Waals surface area contributed by atoms with Crippen LogP contribution >= 0.6 is 11.8 Å². The topological polar surface area (TPSA) is 138 Å². The van der Waals surface area contributed by atoms with Crippen molar-refractivity contribution in [3.05, 3.63) is 47.4 Å². The van der Waals surface area contributed by atoms with Crippen molar-refractivity contribution in [2.75, 3.05) is 11.9 Å². The minimum atomic E-state index is -3.61. The van der Waals surface area contributed by atoms with Crippen molar-refractivity contribution >= 4 is 39.3 Å². The molecule has 0 aliphatic carbocycles. The van der Waals surface area contributed by atoms with E-state index in [1.807, 2.05) is 13.8 Å². The number of esters is 1. The first kappa shape index (κ1) is 26.4. The van der Waals surface area contributed by atoms with E-state index in [-0.39, 0.29) is 40.4 Å². The molecule has 1 unspecified atom stereocenters. The van der Waals surface area contributed by atoms with Gasteiger partial charge in [-0.3, -0.25) is 9.48 Å². The highest BCUT2D eigenvalue weighted by molar-refractivity contribution is 8.00. The Bertz CT molecular complexity index is 1310. The van der Waals surface area contributed by atoms with Crippen LogP contribution in [0, 0.1) is 6.92 Å². The molecule has 2 aromatic heterocycles. The summed E-state index contributed by atoms with van der Waals surface area (Å²) in [5.74, 6) is -0.760. The molecule has 3 rings (SSSR count). The van der Waals surface area contributed by atoms with Crippen molar-refractivity contribution in [2.45, 2.75) is 48.2 Å². The van der Waals surface area contributed by atoms with Crippen molar-refractivity contribution in [1.82, 2.24) is 24.5 Å². The van der Waals surface area contributed by atoms with Crippen LogP contribution in [0.5, 0.6) is 0 Å². The van der Waals surface area contributed by atoms with Crippen molar-refractivity contribution in [3.8, 4) is 0 Å². The largest absolute Gasteiger partial charge is 0.462 e. The Hall–Kier alpha value is -3.19. The summed E-state index contributed by atoms with van der Waals surface area (Å²) in [6.07, 6.45) is 1.79. The molecule has 1 N–H and O–H groups in total. The highest BCUT2D eigenvalue weighted by Gasteiger charge is 2.26. The summed E-state index contributed by atoms with van der Waals surface area (Å²) in [4.78, 5) is 25.4. The number of benzene rings is 1. The third-order valence-electron chi connectivity index (χ3n) is 5.21. The Labute approximate surface area is 208 Å². The first-order valence-electron chi connectivity index (χ1n) is 10.9. The average molecular weight is 521 g/mol. The number of aromatic nitrogens is 5. The molecule has 35 heavy (non-hydrogen) atoms. The second-order valence-electron chi connectivity index (χ2n) is 7.78. The molecular weight excluding hydrogens is 492 g/mol. The Kier molecular flexibility index (Phi) is 8.33. The van der Waals surface area contributed by atoms with Gasteiger partial charge in [0, 0.05) is 14.1 Å². The molecule has 13 heteroatoms. The number of nitrogens with zero attached hydrogens (tertiary/aromatic N) is 5. The van der Waals surface area contributed by atoms with Gasteiger partial charge in [0.05, 0.1) is 22.9 Å². The Balaban J connectivity index is 1.74. The SMILES string of the molecule is CCOC(=O)c1cnn(C)c1NC(=O)C(CC)Sc1nnc(CS(=O)(=O)c2ccc(C)cc2)n1C. The van der Waals surface area contributed by atoms with Gasteiger partial charge in [-0.2, -0.15) is 5.10 Å². The monoisotopic (exact) mass is 520 g/mol. The molecule has 0 fully saturated rings. The highest BCUT2D eigenvalue weighted by Crippen LogP contribution is 2.27. The lowest BCUT2D eigenvalue weighted by molar-refractivity contribution is -0.115. The lowest BCUT2D eigenvalue weighted by Gasteiger charge is -2.15. The molecule has 1 amide bonds. The quantitative estimate of drug-likeness (QED) is 0.316. The van der Waals surface area contributed by atoms with Crippen LogP contribution in [0.15, 0.2) is 40.5 Å². The smallest absolute Gasteiger partial charge is 0.343 e. The van der Waals surface area contributed by atoms with E-state index in [2.05, 4.69) is 20.6 Å². The molecule has 0 saturated heterocycles. The second-order valence-corrected chi connectivity index (χ2v) is 10.9. The predicted octanol–water partition coefficient (Wildman–Crippen LogP) is 2.52. The number of hydrogen-bond acceptors (Lipinski definition) is 9. The molecule has 0 radical (unpaired) electrons. The predicted molar refractivity (Wildman–Crippen MR) is 131 cm³/mol. The normalized spacial score (nSPS) is 12.4. The van der Waals surface area contributed by atoms with Crippen LogP contribution in [0.4, 0.5) is 5.82 Å². The van der Waals surface area contributed by atoms with Gasteiger partial charge in [-0.05, 0) is 32.4 Å². The van der Waals surface area contributed by atoms with Gasteiger partial charge in [-0.15, -0.1) is 10.2 Å². The van der Waals surface area contributed by atoms with Gasteiger partial charge in [-0.25, -0.2) is 13.2 Å². The van der Waals surface area contributed by atoms with Crippen LogP contribution in [0.2, 0.25) is 0 Å². The van der Waals surface area contributed by atoms with Crippen LogP contribution in [0.25, 0.3) is 0 Å². The van der Waals surface area contributed by atoms with E-state index >= 15 is 0 Å². The zero-order valence-corrected chi connectivity index (χ0v) is 21.8. The van der Waals surface area contributed by atoms with Gasteiger partial charge in [0.1, 0.15) is 23.0 Å². The number of thioether (sulfide) groups is 1. The summed E-state index contributed by atoms with van der Waals surface area (Å²) < 4.78 is 33.6. The van der Waals surface area contributed by atoms with Gasteiger partial charge < -0.3 is 14.6 Å². The summed E-state index contributed by atoms with van der Waals surface area (Å²) in [5.41, 5.74) is 1.12. The van der Waals surface area contributed by atoms with Gasteiger partial charge >= 0.3 is 5.97 Å². The number of ether oxygens (including phenoxy) is 1. The first-order chi connectivity index (χ1) is 16.6. The molecule has 0 aliphatic rings. The van der Waals surface area contributed by atoms with Gasteiger partial charge in [0.25, 0.3) is 0 Å². The van der Waals surface area contributed by atoms with Crippen molar-refractivity contribution in [2.24, 2.45) is 14.1 Å². The van der Waals surface area contributed by atoms with E-state index in [1.54, 1.807) is 49.9 Å². The van der Waals surface area contributed by atoms with Gasteiger partial charge in [0.15, 0.2) is 15.0 Å². The van der Waals surface area contributed by atoms with E-state index in [0.717, 1.165) is 17.3 Å². The maximum absolute atomic E-state index is 13.0. The lowest BCUT2D eigenvalue weighted by Crippen LogP contribution is -2.27. The number of aryl methyl sites for hydroxylation is 2. The number of anilines is 1. The lowest BCUT2D eigenvalue weighted by atomic mass is 10.2. The molecule has 0 bridgehead atoms. The Morgan fingerprint density at radius 2 is 1.83 bits per heavy atom. The minimum absolute atomic E-state index is 0.157. The molecular formula is C22H28N6O5S2. The fraction of sp³-hybridized carbons (Fsp3) is 0.409. The van der Waals surface area contributed by atoms with Gasteiger partial charge in [-0.1, -0.05) is 36.4 Å². The maximum atomic E-state index is 13.0. The fourth-order valence-corrected chi connectivity index (χ4v) is 5.41. The number of sulfone groups is 1. The van der Waals surface area contributed by atoms with Crippen molar-refractivity contribution < 1.29 is 22.7 Å². The summed E-state index contributed by atoms with van der Waals surface area (Å²) >= 11 is 1.16. The van der Waals surface area contributed by atoms with Crippen LogP contribution in [-0.4, -0.2) is 56.7 Å². The third-order valence-corrected chi connectivity index (χ3v) is 8.24. The van der Waals surface area contributed by atoms with E-state index in [9.17, 15) is 18.0 Å². The number of amides is 1. The standard InChI is InChI=1S/C22H28N6O5S2/c1-6-17(20(29)24-19-16(12-23-28(19)5)21(30)33-7-2)34-22-26-25-18(27(22)4)13-35(31,32)15-10-8-14(3)9-11-15/h8-12,17H,6-7,13H2,1-5H3,(H,24,29). The van der Waals surface area contributed by atoms with Crippen LogP contribution in [0.1, 0.15) is 42.0 Å². The average Bonchev–Trinajstić information content (AvgIpc) is 3.34. The van der Waals surface area contributed by atoms with Crippen molar-refractivity contribution in [3.63, 3.8) is 0 Å².